The molecule has 0 spiro atoms. The summed E-state index contributed by atoms with van der Waals surface area (Å²) in [4.78, 5) is 23.0. The molecule has 0 fully saturated rings. The highest BCUT2D eigenvalue weighted by Gasteiger charge is 2.45. The molecule has 6 heteroatoms. The fourth-order valence-electron chi connectivity index (χ4n) is 1.44. The number of rotatable bonds is 4. The molecule has 1 unspecified atom stereocenters. The number of benzene rings is 1. The number of carbonyl (C=O) groups excluding carboxylic acids is 1. The standard InChI is InChI=1S/C12H14FNO4/c1-3-18-11(17)12(2,10(15)16)7-4-5-9(14)8(13)6-7/h4-6H,3,14H2,1-2H3,(H,15,16). The number of halogens is 1. The van der Waals surface area contributed by atoms with Crippen LogP contribution in [-0.2, 0) is 19.7 Å². The van der Waals surface area contributed by atoms with E-state index < -0.39 is 23.2 Å². The van der Waals surface area contributed by atoms with Crippen molar-refractivity contribution >= 4 is 17.6 Å². The quantitative estimate of drug-likeness (QED) is 0.481. The largest absolute Gasteiger partial charge is 0.480 e. The molecule has 1 aromatic rings. The van der Waals surface area contributed by atoms with Crippen molar-refractivity contribution in [1.29, 1.82) is 0 Å². The van der Waals surface area contributed by atoms with Crippen molar-refractivity contribution in [3.8, 4) is 0 Å². The molecule has 0 bridgehead atoms. The fourth-order valence-corrected chi connectivity index (χ4v) is 1.44. The molecule has 1 aromatic carbocycles. The number of carboxylic acids is 1. The van der Waals surface area contributed by atoms with Gasteiger partial charge in [-0.2, -0.15) is 0 Å². The van der Waals surface area contributed by atoms with Gasteiger partial charge in [-0.05, 0) is 31.5 Å². The number of hydrogen-bond acceptors (Lipinski definition) is 4. The Morgan fingerprint density at radius 2 is 2.11 bits per heavy atom. The van der Waals surface area contributed by atoms with E-state index in [-0.39, 0.29) is 17.9 Å². The Hall–Kier alpha value is -2.11. The van der Waals surface area contributed by atoms with Gasteiger partial charge in [0.05, 0.1) is 12.3 Å². The van der Waals surface area contributed by atoms with Crippen molar-refractivity contribution in [2.24, 2.45) is 0 Å². The summed E-state index contributed by atoms with van der Waals surface area (Å²) in [5.41, 5.74) is 3.22. The first-order chi connectivity index (χ1) is 8.33. The van der Waals surface area contributed by atoms with E-state index in [1.165, 1.54) is 12.1 Å². The van der Waals surface area contributed by atoms with Crippen LogP contribution in [0.2, 0.25) is 0 Å². The van der Waals surface area contributed by atoms with Crippen molar-refractivity contribution in [1.82, 2.24) is 0 Å². The molecule has 5 nitrogen and oxygen atoms in total. The van der Waals surface area contributed by atoms with Gasteiger partial charge in [-0.15, -0.1) is 0 Å². The van der Waals surface area contributed by atoms with Gasteiger partial charge in [-0.25, -0.2) is 4.39 Å². The predicted molar refractivity (Wildman–Crippen MR) is 62.4 cm³/mol. The van der Waals surface area contributed by atoms with E-state index in [1.807, 2.05) is 0 Å². The van der Waals surface area contributed by atoms with Gasteiger partial charge in [0.15, 0.2) is 5.41 Å². The predicted octanol–water partition coefficient (Wildman–Crippen LogP) is 1.31. The number of hydrogen-bond donors (Lipinski definition) is 2. The second-order valence-electron chi connectivity index (χ2n) is 3.89. The van der Waals surface area contributed by atoms with E-state index in [0.717, 1.165) is 13.0 Å². The van der Waals surface area contributed by atoms with Crippen LogP contribution in [0.3, 0.4) is 0 Å². The second-order valence-corrected chi connectivity index (χ2v) is 3.89. The third-order valence-corrected chi connectivity index (χ3v) is 2.69. The van der Waals surface area contributed by atoms with Crippen LogP contribution in [0.5, 0.6) is 0 Å². The first kappa shape index (κ1) is 14.0. The molecular weight excluding hydrogens is 241 g/mol. The van der Waals surface area contributed by atoms with Gasteiger partial charge >= 0.3 is 11.9 Å². The monoisotopic (exact) mass is 255 g/mol. The Kier molecular flexibility index (Phi) is 3.90. The summed E-state index contributed by atoms with van der Waals surface area (Å²) in [6.07, 6.45) is 0. The molecule has 0 amide bonds. The van der Waals surface area contributed by atoms with Crippen LogP contribution < -0.4 is 5.73 Å². The highest BCUT2D eigenvalue weighted by molar-refractivity contribution is 6.05. The zero-order chi connectivity index (χ0) is 13.9. The highest BCUT2D eigenvalue weighted by Crippen LogP contribution is 2.28. The molecule has 3 N–H and O–H groups in total. The van der Waals surface area contributed by atoms with Crippen molar-refractivity contribution in [2.75, 3.05) is 12.3 Å². The molecule has 0 aliphatic carbocycles. The summed E-state index contributed by atoms with van der Waals surface area (Å²) in [7, 11) is 0. The maximum absolute atomic E-state index is 13.4. The van der Waals surface area contributed by atoms with Gasteiger partial charge in [0.1, 0.15) is 5.82 Å². The van der Waals surface area contributed by atoms with Gasteiger partial charge in [-0.3, -0.25) is 9.59 Å². The zero-order valence-electron chi connectivity index (χ0n) is 10.1. The zero-order valence-corrected chi connectivity index (χ0v) is 10.1. The lowest BCUT2D eigenvalue weighted by molar-refractivity contribution is -0.160. The molecule has 1 atom stereocenters. The average Bonchev–Trinajstić information content (AvgIpc) is 2.31. The van der Waals surface area contributed by atoms with Gasteiger partial charge in [0, 0.05) is 0 Å². The molecule has 0 saturated carbocycles. The van der Waals surface area contributed by atoms with Gasteiger partial charge < -0.3 is 15.6 Å². The van der Waals surface area contributed by atoms with E-state index in [1.54, 1.807) is 6.92 Å². The lowest BCUT2D eigenvalue weighted by Gasteiger charge is -2.23. The van der Waals surface area contributed by atoms with Gasteiger partial charge in [0.2, 0.25) is 0 Å². The minimum Gasteiger partial charge on any atom is -0.480 e. The van der Waals surface area contributed by atoms with Crippen LogP contribution in [0.1, 0.15) is 19.4 Å². The molecule has 0 saturated heterocycles. The number of anilines is 1. The average molecular weight is 255 g/mol. The third kappa shape index (κ3) is 2.27. The summed E-state index contributed by atoms with van der Waals surface area (Å²) in [6, 6.07) is 3.44. The van der Waals surface area contributed by atoms with E-state index in [4.69, 9.17) is 10.5 Å². The number of carbonyl (C=O) groups is 2. The molecule has 0 aliphatic rings. The third-order valence-electron chi connectivity index (χ3n) is 2.69. The van der Waals surface area contributed by atoms with Crippen molar-refractivity contribution in [2.45, 2.75) is 19.3 Å². The van der Waals surface area contributed by atoms with E-state index in [2.05, 4.69) is 0 Å². The Morgan fingerprint density at radius 3 is 2.56 bits per heavy atom. The maximum atomic E-state index is 13.4. The Morgan fingerprint density at radius 1 is 1.50 bits per heavy atom. The first-order valence-electron chi connectivity index (χ1n) is 5.30. The number of nitrogen functional groups attached to an aromatic ring is 1. The minimum absolute atomic E-state index is 0.0137. The summed E-state index contributed by atoms with van der Waals surface area (Å²) < 4.78 is 18.1. The molecule has 0 aromatic heterocycles. The molecule has 0 heterocycles. The smallest absolute Gasteiger partial charge is 0.327 e. The summed E-state index contributed by atoms with van der Waals surface area (Å²) in [5.74, 6) is -3.13. The summed E-state index contributed by atoms with van der Waals surface area (Å²) in [6.45, 7) is 2.77. The lowest BCUT2D eigenvalue weighted by atomic mass is 9.82. The molecule has 0 radical (unpaired) electrons. The molecule has 1 rings (SSSR count). The van der Waals surface area contributed by atoms with Crippen LogP contribution in [0, 0.1) is 5.82 Å². The highest BCUT2D eigenvalue weighted by atomic mass is 19.1. The molecule has 18 heavy (non-hydrogen) atoms. The Labute approximate surface area is 103 Å². The van der Waals surface area contributed by atoms with Crippen molar-refractivity contribution in [3.05, 3.63) is 29.6 Å². The van der Waals surface area contributed by atoms with E-state index in [9.17, 15) is 19.1 Å². The van der Waals surface area contributed by atoms with Crippen LogP contribution in [0.4, 0.5) is 10.1 Å². The summed E-state index contributed by atoms with van der Waals surface area (Å²) in [5, 5.41) is 9.19. The number of nitrogens with two attached hydrogens (primary N) is 1. The maximum Gasteiger partial charge on any atom is 0.327 e. The van der Waals surface area contributed by atoms with E-state index >= 15 is 0 Å². The molecule has 98 valence electrons. The number of esters is 1. The number of carboxylic acid groups (broad SMARTS) is 1. The normalized spacial score (nSPS) is 13.7. The number of ether oxygens (including phenoxy) is 1. The summed E-state index contributed by atoms with van der Waals surface area (Å²) >= 11 is 0. The van der Waals surface area contributed by atoms with Crippen LogP contribution >= 0.6 is 0 Å². The Balaban J connectivity index is 3.31. The van der Waals surface area contributed by atoms with Gasteiger partial charge in [0.25, 0.3) is 0 Å². The Bertz CT molecular complexity index is 489. The molecule has 0 aliphatic heterocycles. The topological polar surface area (TPSA) is 89.6 Å². The van der Waals surface area contributed by atoms with E-state index in [0.29, 0.717) is 0 Å². The van der Waals surface area contributed by atoms with Crippen LogP contribution in [0.15, 0.2) is 18.2 Å². The van der Waals surface area contributed by atoms with Crippen molar-refractivity contribution in [3.63, 3.8) is 0 Å². The number of aliphatic carboxylic acids is 1. The second kappa shape index (κ2) is 5.03. The lowest BCUT2D eigenvalue weighted by Crippen LogP contribution is -2.42. The fraction of sp³-hybridized carbons (Fsp3) is 0.333. The first-order valence-corrected chi connectivity index (χ1v) is 5.30. The minimum atomic E-state index is -1.95. The van der Waals surface area contributed by atoms with Crippen molar-refractivity contribution < 1.29 is 23.8 Å². The molecular formula is C12H14FNO4. The van der Waals surface area contributed by atoms with Crippen LogP contribution in [-0.4, -0.2) is 23.7 Å². The SMILES string of the molecule is CCOC(=O)C(C)(C(=O)O)c1ccc(N)c(F)c1. The van der Waals surface area contributed by atoms with Crippen LogP contribution in [0.25, 0.3) is 0 Å². The van der Waals surface area contributed by atoms with Gasteiger partial charge in [-0.1, -0.05) is 6.07 Å².